The lowest BCUT2D eigenvalue weighted by Gasteiger charge is -2.16. The van der Waals surface area contributed by atoms with Crippen LogP contribution in [-0.4, -0.2) is 11.9 Å². The third-order valence-electron chi connectivity index (χ3n) is 3.08. The van der Waals surface area contributed by atoms with Crippen molar-refractivity contribution in [2.45, 2.75) is 19.9 Å². The van der Waals surface area contributed by atoms with E-state index in [9.17, 15) is 9.18 Å². The van der Waals surface area contributed by atoms with Gasteiger partial charge >= 0.3 is 0 Å². The van der Waals surface area contributed by atoms with E-state index in [1.54, 1.807) is 25.1 Å². The normalized spacial score (nSPS) is 11.8. The molecule has 0 aliphatic carbocycles. The van der Waals surface area contributed by atoms with Crippen molar-refractivity contribution in [3.63, 3.8) is 0 Å². The molecule has 0 aliphatic rings. The Morgan fingerprint density at radius 3 is 2.62 bits per heavy atom. The van der Waals surface area contributed by atoms with Crippen LogP contribution in [0.4, 0.5) is 15.8 Å². The van der Waals surface area contributed by atoms with Gasteiger partial charge in [-0.2, -0.15) is 0 Å². The molecule has 0 heterocycles. The fraction of sp³-hybridized carbons (Fsp3) is 0.188. The third-order valence-corrected chi connectivity index (χ3v) is 3.49. The van der Waals surface area contributed by atoms with E-state index in [4.69, 9.17) is 11.6 Å². The molecule has 0 fully saturated rings. The van der Waals surface area contributed by atoms with E-state index in [0.717, 1.165) is 11.3 Å². The van der Waals surface area contributed by atoms with Gasteiger partial charge in [0.05, 0.1) is 5.69 Å². The first-order valence-corrected chi connectivity index (χ1v) is 6.93. The first-order valence-electron chi connectivity index (χ1n) is 6.55. The lowest BCUT2D eigenvalue weighted by Crippen LogP contribution is -2.32. The Bertz CT molecular complexity index is 660. The number of anilines is 2. The van der Waals surface area contributed by atoms with Crippen LogP contribution in [0.15, 0.2) is 42.5 Å². The van der Waals surface area contributed by atoms with Gasteiger partial charge in [-0.05, 0) is 43.7 Å². The monoisotopic (exact) mass is 306 g/mol. The van der Waals surface area contributed by atoms with Gasteiger partial charge in [-0.1, -0.05) is 29.8 Å². The van der Waals surface area contributed by atoms with Gasteiger partial charge in [-0.25, -0.2) is 4.39 Å². The Hall–Kier alpha value is -2.07. The first kappa shape index (κ1) is 15.3. The predicted molar refractivity (Wildman–Crippen MR) is 84.3 cm³/mol. The minimum atomic E-state index is -0.525. The van der Waals surface area contributed by atoms with Gasteiger partial charge in [0.25, 0.3) is 0 Å². The number of rotatable bonds is 4. The summed E-state index contributed by atoms with van der Waals surface area (Å²) in [5, 5.41) is 6.20. The molecule has 21 heavy (non-hydrogen) atoms. The highest BCUT2D eigenvalue weighted by Crippen LogP contribution is 2.21. The summed E-state index contributed by atoms with van der Waals surface area (Å²) in [6.07, 6.45) is 0. The number of halogens is 2. The van der Waals surface area contributed by atoms with Crippen molar-refractivity contribution < 1.29 is 9.18 Å². The number of hydrogen-bond donors (Lipinski definition) is 2. The summed E-state index contributed by atoms with van der Waals surface area (Å²) in [5.74, 6) is -0.784. The topological polar surface area (TPSA) is 41.1 Å². The SMILES string of the molecule is Cc1ccc(N[C@H](C)C(=O)Nc2ccccc2F)cc1Cl. The van der Waals surface area contributed by atoms with Gasteiger partial charge in [-0.15, -0.1) is 0 Å². The van der Waals surface area contributed by atoms with Gasteiger partial charge < -0.3 is 10.6 Å². The highest BCUT2D eigenvalue weighted by Gasteiger charge is 2.14. The number of nitrogens with one attached hydrogen (secondary N) is 2. The average Bonchev–Trinajstić information content (AvgIpc) is 2.45. The van der Waals surface area contributed by atoms with Crippen molar-refractivity contribution in [2.75, 3.05) is 10.6 Å². The second-order valence-electron chi connectivity index (χ2n) is 4.80. The number of amides is 1. The number of hydrogen-bond acceptors (Lipinski definition) is 2. The maximum atomic E-state index is 13.5. The van der Waals surface area contributed by atoms with Crippen LogP contribution in [0.25, 0.3) is 0 Å². The average molecular weight is 307 g/mol. The van der Waals surface area contributed by atoms with E-state index in [1.807, 2.05) is 19.1 Å². The molecule has 5 heteroatoms. The third kappa shape index (κ3) is 3.95. The van der Waals surface area contributed by atoms with Gasteiger partial charge in [-0.3, -0.25) is 4.79 Å². The highest BCUT2D eigenvalue weighted by molar-refractivity contribution is 6.31. The molecule has 0 saturated heterocycles. The molecule has 0 spiro atoms. The van der Waals surface area contributed by atoms with E-state index >= 15 is 0 Å². The standard InChI is InChI=1S/C16H16ClFN2O/c1-10-7-8-12(9-13(10)17)19-11(2)16(21)20-15-6-4-3-5-14(15)18/h3-9,11,19H,1-2H3,(H,20,21)/t11-/m1/s1. The summed E-state index contributed by atoms with van der Waals surface area (Å²) in [7, 11) is 0. The van der Waals surface area contributed by atoms with Gasteiger partial charge in [0, 0.05) is 10.7 Å². The van der Waals surface area contributed by atoms with Crippen molar-refractivity contribution in [3.05, 3.63) is 58.9 Å². The number of carbonyl (C=O) groups is 1. The van der Waals surface area contributed by atoms with E-state index in [0.29, 0.717) is 5.02 Å². The van der Waals surface area contributed by atoms with Gasteiger partial charge in [0.2, 0.25) is 5.91 Å². The molecule has 0 aliphatic heterocycles. The summed E-state index contributed by atoms with van der Waals surface area (Å²) in [6.45, 7) is 3.60. The van der Waals surface area contributed by atoms with Crippen LogP contribution in [0, 0.1) is 12.7 Å². The largest absolute Gasteiger partial charge is 0.374 e. The second kappa shape index (κ2) is 6.59. The van der Waals surface area contributed by atoms with E-state index in [2.05, 4.69) is 10.6 Å². The van der Waals surface area contributed by atoms with Gasteiger partial charge in [0.15, 0.2) is 0 Å². The van der Waals surface area contributed by atoms with Crippen LogP contribution in [0.3, 0.4) is 0 Å². The van der Waals surface area contributed by atoms with E-state index in [-0.39, 0.29) is 11.6 Å². The Morgan fingerprint density at radius 1 is 1.24 bits per heavy atom. The molecule has 1 atom stereocenters. The minimum Gasteiger partial charge on any atom is -0.374 e. The Morgan fingerprint density at radius 2 is 1.95 bits per heavy atom. The van der Waals surface area contributed by atoms with Crippen LogP contribution in [-0.2, 0) is 4.79 Å². The molecule has 2 aromatic rings. The number of benzene rings is 2. The van der Waals surface area contributed by atoms with Crippen LogP contribution in [0.2, 0.25) is 5.02 Å². The van der Waals surface area contributed by atoms with Crippen molar-refractivity contribution in [1.82, 2.24) is 0 Å². The number of carbonyl (C=O) groups excluding carboxylic acids is 1. The summed E-state index contributed by atoms with van der Waals surface area (Å²) < 4.78 is 13.5. The maximum Gasteiger partial charge on any atom is 0.246 e. The summed E-state index contributed by atoms with van der Waals surface area (Å²) in [5.41, 5.74) is 1.87. The molecule has 3 nitrogen and oxygen atoms in total. The quantitative estimate of drug-likeness (QED) is 0.887. The molecular formula is C16H16ClFN2O. The summed E-state index contributed by atoms with van der Waals surface area (Å²) >= 11 is 6.04. The number of aryl methyl sites for hydroxylation is 1. The smallest absolute Gasteiger partial charge is 0.246 e. The van der Waals surface area contributed by atoms with Crippen molar-refractivity contribution in [3.8, 4) is 0 Å². The zero-order valence-electron chi connectivity index (χ0n) is 11.8. The van der Waals surface area contributed by atoms with Crippen LogP contribution < -0.4 is 10.6 Å². The molecule has 2 aromatic carbocycles. The van der Waals surface area contributed by atoms with Crippen LogP contribution in [0.1, 0.15) is 12.5 Å². The summed E-state index contributed by atoms with van der Waals surface area (Å²) in [4.78, 5) is 12.0. The van der Waals surface area contributed by atoms with Crippen LogP contribution in [0.5, 0.6) is 0 Å². The van der Waals surface area contributed by atoms with E-state index in [1.165, 1.54) is 12.1 Å². The fourth-order valence-corrected chi connectivity index (χ4v) is 1.98. The van der Waals surface area contributed by atoms with Crippen molar-refractivity contribution in [2.24, 2.45) is 0 Å². The van der Waals surface area contributed by atoms with E-state index < -0.39 is 11.9 Å². The Kier molecular flexibility index (Phi) is 4.81. The fourth-order valence-electron chi connectivity index (χ4n) is 1.80. The van der Waals surface area contributed by atoms with Crippen LogP contribution >= 0.6 is 11.6 Å². The minimum absolute atomic E-state index is 0.165. The molecule has 0 aromatic heterocycles. The molecule has 0 radical (unpaired) electrons. The zero-order chi connectivity index (χ0) is 15.4. The predicted octanol–water partition coefficient (Wildman–Crippen LogP) is 4.23. The Labute approximate surface area is 128 Å². The van der Waals surface area contributed by atoms with Gasteiger partial charge in [0.1, 0.15) is 11.9 Å². The highest BCUT2D eigenvalue weighted by atomic mass is 35.5. The summed E-state index contributed by atoms with van der Waals surface area (Å²) in [6, 6.07) is 11.0. The van der Waals surface area contributed by atoms with Crippen molar-refractivity contribution >= 4 is 28.9 Å². The Balaban J connectivity index is 2.02. The molecule has 2 rings (SSSR count). The lowest BCUT2D eigenvalue weighted by atomic mass is 10.2. The first-order chi connectivity index (χ1) is 9.97. The second-order valence-corrected chi connectivity index (χ2v) is 5.21. The number of para-hydroxylation sites is 1. The molecule has 0 unspecified atom stereocenters. The molecular weight excluding hydrogens is 291 g/mol. The molecule has 110 valence electrons. The lowest BCUT2D eigenvalue weighted by molar-refractivity contribution is -0.116. The molecule has 0 saturated carbocycles. The zero-order valence-corrected chi connectivity index (χ0v) is 12.5. The molecule has 2 N–H and O–H groups in total. The van der Waals surface area contributed by atoms with Crippen molar-refractivity contribution in [1.29, 1.82) is 0 Å². The molecule has 0 bridgehead atoms. The molecule has 1 amide bonds. The maximum absolute atomic E-state index is 13.5.